The van der Waals surface area contributed by atoms with Gasteiger partial charge >= 0.3 is 24.3 Å². The summed E-state index contributed by atoms with van der Waals surface area (Å²) >= 11 is 0. The monoisotopic (exact) mass is 1130 g/mol. The summed E-state index contributed by atoms with van der Waals surface area (Å²) in [5.74, 6) is 0.933. The Morgan fingerprint density at radius 1 is 0.600 bits per heavy atom. The van der Waals surface area contributed by atoms with E-state index in [1.54, 1.807) is 6.92 Å². The molecule has 0 spiro atoms. The van der Waals surface area contributed by atoms with Crippen molar-refractivity contribution in [2.45, 2.75) is 287 Å². The van der Waals surface area contributed by atoms with Crippen LogP contribution in [0.4, 0.5) is 25.1 Å². The van der Waals surface area contributed by atoms with Gasteiger partial charge in [0, 0.05) is 37.2 Å². The molecule has 8 N–H and O–H groups in total. The van der Waals surface area contributed by atoms with E-state index in [0.29, 0.717) is 49.3 Å². The Bertz CT molecular complexity index is 1950. The number of hydrogen-bond donors (Lipinski definition) is 7. The minimum Gasteiger partial charge on any atom is -0.449 e. The number of urea groups is 1. The zero-order valence-electron chi connectivity index (χ0n) is 53.1. The third-order valence-electron chi connectivity index (χ3n) is 16.6. The Hall–Kier alpha value is -4.08. The highest BCUT2D eigenvalue weighted by Gasteiger charge is 2.43. The summed E-state index contributed by atoms with van der Waals surface area (Å²) in [7, 11) is 2.02. The van der Waals surface area contributed by atoms with Gasteiger partial charge in [-0.1, -0.05) is 198 Å². The molecule has 6 atom stereocenters. The number of carbonyl (C=O) groups is 4. The number of nitrogens with two attached hydrogens (primary N) is 1. The summed E-state index contributed by atoms with van der Waals surface area (Å²) in [6.45, 7) is 26.5. The molecule has 6 unspecified atom stereocenters. The average molecular weight is 1130 g/mol. The Labute approximate surface area is 486 Å². The first-order chi connectivity index (χ1) is 38.0. The third kappa shape index (κ3) is 32.5. The van der Waals surface area contributed by atoms with Gasteiger partial charge in [0.2, 0.25) is 5.95 Å². The number of aromatic amines is 1. The molecule has 0 aromatic carbocycles. The lowest BCUT2D eigenvalue weighted by molar-refractivity contribution is 0.0626. The smallest absolute Gasteiger partial charge is 0.407 e. The number of carbonyl (C=O) groups excluding carboxylic acids is 4. The first-order valence-electron chi connectivity index (χ1n) is 32.1. The summed E-state index contributed by atoms with van der Waals surface area (Å²) < 4.78 is 16.3. The van der Waals surface area contributed by atoms with Gasteiger partial charge in [-0.15, -0.1) is 0 Å². The number of H-pyrrole nitrogens is 1. The van der Waals surface area contributed by atoms with E-state index >= 15 is 0 Å². The van der Waals surface area contributed by atoms with Crippen LogP contribution in [0.1, 0.15) is 273 Å². The van der Waals surface area contributed by atoms with Gasteiger partial charge in [-0.3, -0.25) is 15.1 Å². The van der Waals surface area contributed by atoms with Crippen LogP contribution >= 0.6 is 0 Å². The van der Waals surface area contributed by atoms with Gasteiger partial charge in [0.05, 0.1) is 25.5 Å². The Kier molecular flexibility index (Phi) is 35.5. The highest BCUT2D eigenvalue weighted by Crippen LogP contribution is 2.47. The van der Waals surface area contributed by atoms with Crippen molar-refractivity contribution in [3.63, 3.8) is 0 Å². The summed E-state index contributed by atoms with van der Waals surface area (Å²) in [5.41, 5.74) is 5.42. The lowest BCUT2D eigenvalue weighted by atomic mass is 9.62. The second-order valence-corrected chi connectivity index (χ2v) is 26.8. The molecule has 2 saturated carbocycles. The van der Waals surface area contributed by atoms with E-state index in [1.165, 1.54) is 148 Å². The zero-order chi connectivity index (χ0) is 59.5. The molecule has 464 valence electrons. The van der Waals surface area contributed by atoms with Crippen LogP contribution in [0.25, 0.3) is 0 Å². The van der Waals surface area contributed by atoms with Crippen LogP contribution < -0.4 is 37.9 Å². The van der Waals surface area contributed by atoms with E-state index < -0.39 is 17.7 Å². The number of hydrogen-bond acceptors (Lipinski definition) is 10. The van der Waals surface area contributed by atoms with Crippen molar-refractivity contribution in [3.8, 4) is 0 Å². The topological polar surface area (TPSA) is 228 Å². The van der Waals surface area contributed by atoms with E-state index in [0.717, 1.165) is 45.1 Å². The number of rotatable bonds is 38. The molecule has 0 saturated heterocycles. The van der Waals surface area contributed by atoms with E-state index in [-0.39, 0.29) is 64.9 Å². The summed E-state index contributed by atoms with van der Waals surface area (Å²) in [6, 6.07) is -0.373. The second kappa shape index (κ2) is 39.4. The van der Waals surface area contributed by atoms with Gasteiger partial charge < -0.3 is 41.2 Å². The van der Waals surface area contributed by atoms with E-state index in [4.69, 9.17) is 19.9 Å². The number of unbranched alkanes of at least 4 members (excludes halogenated alkanes) is 16. The quantitative estimate of drug-likeness (QED) is 0.0245. The fourth-order valence-corrected chi connectivity index (χ4v) is 13.4. The fraction of sp³-hybridized carbons (Fsp3) is 0.875. The predicted molar refractivity (Wildman–Crippen MR) is 328 cm³/mol. The van der Waals surface area contributed by atoms with Crippen molar-refractivity contribution < 1.29 is 33.4 Å². The van der Waals surface area contributed by atoms with Crippen LogP contribution in [0.2, 0.25) is 0 Å². The minimum absolute atomic E-state index is 0.0196. The Morgan fingerprint density at radius 3 is 1.40 bits per heavy atom. The largest absolute Gasteiger partial charge is 0.449 e. The lowest BCUT2D eigenvalue weighted by Gasteiger charge is -2.46. The van der Waals surface area contributed by atoms with Crippen molar-refractivity contribution in [2.75, 3.05) is 45.3 Å². The van der Waals surface area contributed by atoms with Gasteiger partial charge in [-0.2, -0.15) is 0 Å². The molecule has 16 heteroatoms. The highest BCUT2D eigenvalue weighted by molar-refractivity contribution is 5.87. The predicted octanol–water partition coefficient (Wildman–Crippen LogP) is 15.3. The van der Waals surface area contributed by atoms with Crippen molar-refractivity contribution in [1.82, 2.24) is 31.2 Å². The second-order valence-electron chi connectivity index (χ2n) is 26.8. The van der Waals surface area contributed by atoms with Gasteiger partial charge in [0.1, 0.15) is 0 Å². The molecular formula is C64H120N8O8. The van der Waals surface area contributed by atoms with Crippen molar-refractivity contribution in [2.24, 2.45) is 39.2 Å². The number of nitrogens with one attached hydrogen (secondary N) is 6. The average Bonchev–Trinajstić information content (AvgIpc) is 3.35. The first-order valence-corrected chi connectivity index (χ1v) is 32.1. The van der Waals surface area contributed by atoms with Crippen molar-refractivity contribution in [3.05, 3.63) is 21.6 Å². The Morgan fingerprint density at radius 2 is 1.00 bits per heavy atom. The molecule has 0 aliphatic heterocycles. The standard InChI is InChI=1S/C36H64N6O6.C28H56N2O2/c1-7-9-11-13-14-16-18-27(17-15-12-10-8-2)23-48-34(46)40-28-21-35(4,5)24-36(6,22-28)25-38-33(45)42-32-39-26(3)29(30(43)41-32)19-20-47-31(37)44;1-7-9-11-13-14-16-18-24(17-15-12-10-8-2)21-32-26(31)30-25-19-27(3,4)22-28(5,20-25)23-29-6/h27-28H,7-25H2,1-6H3,(H2,37,44)(H,40,46)(H3,38,39,41,42,43,45);24-25,29H,7-23H2,1-6H3,(H,30,31). The number of aromatic nitrogens is 2. The number of primary amides is 1. The molecule has 2 aliphatic carbocycles. The van der Waals surface area contributed by atoms with Crippen LogP contribution in [-0.4, -0.2) is 86.3 Å². The summed E-state index contributed by atoms with van der Waals surface area (Å²) in [6.07, 6.45) is 34.4. The molecule has 1 heterocycles. The molecule has 16 nitrogen and oxygen atoms in total. The van der Waals surface area contributed by atoms with Crippen LogP contribution in [0.15, 0.2) is 4.79 Å². The van der Waals surface area contributed by atoms with E-state index in [2.05, 4.69) is 106 Å². The molecule has 0 radical (unpaired) electrons. The van der Waals surface area contributed by atoms with Gasteiger partial charge in [0.15, 0.2) is 0 Å². The maximum Gasteiger partial charge on any atom is 0.407 e. The van der Waals surface area contributed by atoms with E-state index in [1.807, 2.05) is 7.05 Å². The SMILES string of the molecule is CCCCCCCCC(CCCCCC)COC(=O)NC1CC(C)(C)CC(C)(CNC(=O)Nc2nc(C)c(CCOC(N)=O)c(=O)[nH]2)C1.CCCCCCCCC(CCCCCC)COC(=O)NC1CC(C)(C)CC(C)(CNC)C1. The first kappa shape index (κ1) is 72.0. The number of amides is 5. The fourth-order valence-electron chi connectivity index (χ4n) is 13.4. The number of nitrogens with zero attached hydrogens (tertiary/aromatic N) is 1. The molecule has 1 aromatic rings. The summed E-state index contributed by atoms with van der Waals surface area (Å²) in [4.78, 5) is 68.7. The molecule has 2 aliphatic rings. The molecule has 80 heavy (non-hydrogen) atoms. The minimum atomic E-state index is -0.917. The third-order valence-corrected chi connectivity index (χ3v) is 16.6. The summed E-state index contributed by atoms with van der Waals surface area (Å²) in [5, 5.41) is 15.3. The van der Waals surface area contributed by atoms with Crippen LogP contribution in [-0.2, 0) is 20.6 Å². The maximum atomic E-state index is 13.0. The van der Waals surface area contributed by atoms with Crippen LogP contribution in [0, 0.1) is 40.4 Å². The van der Waals surface area contributed by atoms with Crippen LogP contribution in [0.3, 0.4) is 0 Å². The van der Waals surface area contributed by atoms with Crippen molar-refractivity contribution in [1.29, 1.82) is 0 Å². The van der Waals surface area contributed by atoms with E-state index in [9.17, 15) is 24.0 Å². The normalized spacial score (nSPS) is 21.0. The van der Waals surface area contributed by atoms with Gasteiger partial charge in [-0.25, -0.2) is 24.2 Å². The number of alkyl carbamates (subject to hydrolysis) is 2. The zero-order valence-corrected chi connectivity index (χ0v) is 53.1. The highest BCUT2D eigenvalue weighted by atomic mass is 16.6. The van der Waals surface area contributed by atoms with Crippen molar-refractivity contribution >= 4 is 30.3 Å². The number of aryl methyl sites for hydroxylation is 1. The molecule has 0 bridgehead atoms. The maximum absolute atomic E-state index is 13.0. The molecule has 5 amide bonds. The van der Waals surface area contributed by atoms with Crippen LogP contribution in [0.5, 0.6) is 0 Å². The molecule has 3 rings (SSSR count). The number of anilines is 1. The molecular weight excluding hydrogens is 1010 g/mol. The lowest BCUT2D eigenvalue weighted by Crippen LogP contribution is -2.51. The van der Waals surface area contributed by atoms with Gasteiger partial charge in [0.25, 0.3) is 5.56 Å². The Balaban J connectivity index is 0.000000593. The molecule has 2 fully saturated rings. The molecule has 1 aromatic heterocycles. The number of ether oxygens (including phenoxy) is 3. The van der Waals surface area contributed by atoms with Gasteiger partial charge in [-0.05, 0) is 112 Å².